The number of benzene rings is 2. The van der Waals surface area contributed by atoms with Gasteiger partial charge in [0.25, 0.3) is 10.0 Å². The zero-order valence-electron chi connectivity index (χ0n) is 10.1. The first-order valence-corrected chi connectivity index (χ1v) is 6.95. The lowest BCUT2D eigenvalue weighted by molar-refractivity contribution is 0.432. The molecule has 2 N–H and O–H groups in total. The fourth-order valence-electron chi connectivity index (χ4n) is 1.64. The highest BCUT2D eigenvalue weighted by atomic mass is 32.2. The van der Waals surface area contributed by atoms with Gasteiger partial charge in [-0.25, -0.2) is 12.8 Å². The summed E-state index contributed by atoms with van der Waals surface area (Å²) in [5.41, 5.74) is 0.646. The van der Waals surface area contributed by atoms with E-state index in [-0.39, 0.29) is 10.6 Å². The second-order valence-electron chi connectivity index (χ2n) is 4.04. The number of sulfonamides is 1. The number of hydrogen-bond acceptors (Lipinski definition) is 3. The smallest absolute Gasteiger partial charge is 0.262 e. The molecule has 0 unspecified atom stereocenters. The molecule has 2 aromatic rings. The molecular weight excluding hydrogens is 269 g/mol. The molecule has 0 aromatic heterocycles. The maximum Gasteiger partial charge on any atom is 0.262 e. The summed E-state index contributed by atoms with van der Waals surface area (Å²) in [6, 6.07) is 9.78. The van der Waals surface area contributed by atoms with Crippen molar-refractivity contribution in [1.82, 2.24) is 0 Å². The molecule has 0 saturated heterocycles. The van der Waals surface area contributed by atoms with Crippen LogP contribution in [0.5, 0.6) is 5.75 Å². The Morgan fingerprint density at radius 2 is 1.84 bits per heavy atom. The van der Waals surface area contributed by atoms with Crippen LogP contribution in [-0.2, 0) is 10.0 Å². The highest BCUT2D eigenvalue weighted by Crippen LogP contribution is 2.23. The van der Waals surface area contributed by atoms with Crippen LogP contribution in [0.25, 0.3) is 0 Å². The first-order chi connectivity index (χ1) is 8.90. The number of anilines is 1. The highest BCUT2D eigenvalue weighted by Gasteiger charge is 2.16. The SMILES string of the molecule is Cc1ccccc1S(=O)(=O)Nc1ccc(O)c(F)c1. The van der Waals surface area contributed by atoms with Gasteiger partial charge >= 0.3 is 0 Å². The minimum atomic E-state index is -3.77. The monoisotopic (exact) mass is 281 g/mol. The van der Waals surface area contributed by atoms with Crippen molar-refractivity contribution in [2.45, 2.75) is 11.8 Å². The van der Waals surface area contributed by atoms with Crippen LogP contribution in [0.1, 0.15) is 5.56 Å². The second-order valence-corrected chi connectivity index (χ2v) is 5.69. The molecule has 0 amide bonds. The van der Waals surface area contributed by atoms with E-state index >= 15 is 0 Å². The molecule has 0 saturated carbocycles. The van der Waals surface area contributed by atoms with E-state index < -0.39 is 21.6 Å². The van der Waals surface area contributed by atoms with E-state index in [1.807, 2.05) is 0 Å². The van der Waals surface area contributed by atoms with E-state index in [1.54, 1.807) is 25.1 Å². The molecule has 0 heterocycles. The average Bonchev–Trinajstić information content (AvgIpc) is 2.34. The molecule has 0 aliphatic carbocycles. The van der Waals surface area contributed by atoms with E-state index in [2.05, 4.69) is 4.72 Å². The number of halogens is 1. The van der Waals surface area contributed by atoms with Gasteiger partial charge in [0.2, 0.25) is 0 Å². The van der Waals surface area contributed by atoms with Crippen molar-refractivity contribution in [3.63, 3.8) is 0 Å². The largest absolute Gasteiger partial charge is 0.505 e. The zero-order valence-corrected chi connectivity index (χ0v) is 10.9. The van der Waals surface area contributed by atoms with E-state index in [4.69, 9.17) is 5.11 Å². The summed E-state index contributed by atoms with van der Waals surface area (Å²) in [6.45, 7) is 1.67. The number of hydrogen-bond donors (Lipinski definition) is 2. The summed E-state index contributed by atoms with van der Waals surface area (Å²) in [5, 5.41) is 9.05. The third-order valence-corrected chi connectivity index (χ3v) is 4.12. The molecule has 0 aliphatic rings. The molecule has 0 spiro atoms. The topological polar surface area (TPSA) is 66.4 Å². The molecule has 0 fully saturated rings. The highest BCUT2D eigenvalue weighted by molar-refractivity contribution is 7.92. The molecule has 2 rings (SSSR count). The quantitative estimate of drug-likeness (QED) is 0.850. The van der Waals surface area contributed by atoms with Crippen molar-refractivity contribution in [1.29, 1.82) is 0 Å². The number of phenolic OH excluding ortho intramolecular Hbond substituents is 1. The van der Waals surface area contributed by atoms with E-state index in [0.29, 0.717) is 5.56 Å². The van der Waals surface area contributed by atoms with Crippen molar-refractivity contribution in [2.75, 3.05) is 4.72 Å². The van der Waals surface area contributed by atoms with Crippen LogP contribution >= 0.6 is 0 Å². The van der Waals surface area contributed by atoms with E-state index in [1.165, 1.54) is 12.1 Å². The maximum absolute atomic E-state index is 13.2. The lowest BCUT2D eigenvalue weighted by atomic mass is 10.2. The summed E-state index contributed by atoms with van der Waals surface area (Å²) in [7, 11) is -3.77. The fraction of sp³-hybridized carbons (Fsp3) is 0.0769. The van der Waals surface area contributed by atoms with Gasteiger partial charge in [-0.05, 0) is 30.7 Å². The van der Waals surface area contributed by atoms with E-state index in [0.717, 1.165) is 12.1 Å². The minimum absolute atomic E-state index is 0.0542. The molecule has 0 atom stereocenters. The molecule has 19 heavy (non-hydrogen) atoms. The van der Waals surface area contributed by atoms with Gasteiger partial charge in [0.05, 0.1) is 10.6 Å². The Labute approximate surface area is 110 Å². The van der Waals surface area contributed by atoms with E-state index in [9.17, 15) is 12.8 Å². The first-order valence-electron chi connectivity index (χ1n) is 5.47. The number of aryl methyl sites for hydroxylation is 1. The Hall–Kier alpha value is -2.08. The van der Waals surface area contributed by atoms with Gasteiger partial charge in [-0.15, -0.1) is 0 Å². The van der Waals surface area contributed by atoms with Crippen LogP contribution in [0.2, 0.25) is 0 Å². The van der Waals surface area contributed by atoms with Crippen molar-refractivity contribution in [3.05, 3.63) is 53.8 Å². The van der Waals surface area contributed by atoms with Gasteiger partial charge in [-0.3, -0.25) is 4.72 Å². The Morgan fingerprint density at radius 1 is 1.16 bits per heavy atom. The van der Waals surface area contributed by atoms with Gasteiger partial charge in [0.15, 0.2) is 11.6 Å². The summed E-state index contributed by atoms with van der Waals surface area (Å²) < 4.78 is 39.7. The van der Waals surface area contributed by atoms with Crippen molar-refractivity contribution in [2.24, 2.45) is 0 Å². The lowest BCUT2D eigenvalue weighted by Gasteiger charge is -2.10. The van der Waals surface area contributed by atoms with Crippen molar-refractivity contribution < 1.29 is 17.9 Å². The van der Waals surface area contributed by atoms with Gasteiger partial charge in [-0.2, -0.15) is 0 Å². The van der Waals surface area contributed by atoms with Crippen LogP contribution in [0, 0.1) is 12.7 Å². The molecule has 0 radical (unpaired) electrons. The molecule has 2 aromatic carbocycles. The zero-order chi connectivity index (χ0) is 14.0. The average molecular weight is 281 g/mol. The summed E-state index contributed by atoms with van der Waals surface area (Å²) >= 11 is 0. The Bertz CT molecular complexity index is 714. The number of nitrogens with one attached hydrogen (secondary N) is 1. The van der Waals surface area contributed by atoms with Crippen LogP contribution in [0.15, 0.2) is 47.4 Å². The summed E-state index contributed by atoms with van der Waals surface area (Å²) in [6.07, 6.45) is 0. The van der Waals surface area contributed by atoms with Gasteiger partial charge < -0.3 is 5.11 Å². The fourth-order valence-corrected chi connectivity index (χ4v) is 2.94. The van der Waals surface area contributed by atoms with Crippen LogP contribution < -0.4 is 4.72 Å². The summed E-state index contributed by atoms with van der Waals surface area (Å²) in [4.78, 5) is 0.128. The number of phenols is 1. The maximum atomic E-state index is 13.2. The number of aromatic hydroxyl groups is 1. The third-order valence-electron chi connectivity index (χ3n) is 2.58. The first kappa shape index (κ1) is 13.4. The van der Waals surface area contributed by atoms with Crippen molar-refractivity contribution >= 4 is 15.7 Å². The van der Waals surface area contributed by atoms with Crippen LogP contribution in [0.4, 0.5) is 10.1 Å². The van der Waals surface area contributed by atoms with Gasteiger partial charge in [0, 0.05) is 6.07 Å². The molecule has 6 heteroatoms. The Balaban J connectivity index is 2.37. The van der Waals surface area contributed by atoms with Gasteiger partial charge in [0.1, 0.15) is 0 Å². The minimum Gasteiger partial charge on any atom is -0.505 e. The predicted molar refractivity (Wildman–Crippen MR) is 70.1 cm³/mol. The standard InChI is InChI=1S/C13H12FNO3S/c1-9-4-2-3-5-13(9)19(17,18)15-10-6-7-12(16)11(14)8-10/h2-8,15-16H,1H3. The molecular formula is C13H12FNO3S. The second kappa shape index (κ2) is 4.89. The van der Waals surface area contributed by atoms with Gasteiger partial charge in [-0.1, -0.05) is 18.2 Å². The normalized spacial score (nSPS) is 11.3. The Kier molecular flexibility index (Phi) is 3.44. The lowest BCUT2D eigenvalue weighted by Crippen LogP contribution is -2.14. The van der Waals surface area contributed by atoms with Crippen LogP contribution in [-0.4, -0.2) is 13.5 Å². The molecule has 0 bridgehead atoms. The molecule has 0 aliphatic heterocycles. The number of rotatable bonds is 3. The molecule has 4 nitrogen and oxygen atoms in total. The Morgan fingerprint density at radius 3 is 2.47 bits per heavy atom. The third kappa shape index (κ3) is 2.85. The summed E-state index contributed by atoms with van der Waals surface area (Å²) in [5.74, 6) is -1.41. The molecule has 100 valence electrons. The predicted octanol–water partition coefficient (Wildman–Crippen LogP) is 2.64. The van der Waals surface area contributed by atoms with Crippen molar-refractivity contribution in [3.8, 4) is 5.75 Å². The van der Waals surface area contributed by atoms with Crippen LogP contribution in [0.3, 0.4) is 0 Å².